The zero-order valence-corrected chi connectivity index (χ0v) is 12.3. The summed E-state index contributed by atoms with van der Waals surface area (Å²) in [6.45, 7) is 9.53. The van der Waals surface area contributed by atoms with Gasteiger partial charge in [0.15, 0.2) is 0 Å². The van der Waals surface area contributed by atoms with E-state index in [1.54, 1.807) is 0 Å². The summed E-state index contributed by atoms with van der Waals surface area (Å²) in [7, 11) is 0. The van der Waals surface area contributed by atoms with Crippen molar-refractivity contribution in [1.82, 2.24) is 10.2 Å². The number of hydrogen-bond donors (Lipinski definition) is 2. The highest BCUT2D eigenvalue weighted by Gasteiger charge is 2.29. The maximum atomic E-state index is 12.1. The molecule has 4 nitrogen and oxygen atoms in total. The number of amides is 1. The van der Waals surface area contributed by atoms with Gasteiger partial charge >= 0.3 is 0 Å². The first kappa shape index (κ1) is 15.4. The van der Waals surface area contributed by atoms with Crippen LogP contribution in [0, 0.1) is 0 Å². The van der Waals surface area contributed by atoms with Crippen molar-refractivity contribution >= 4 is 5.91 Å². The number of carbonyl (C=O) groups excluding carboxylic acids is 1. The lowest BCUT2D eigenvalue weighted by Crippen LogP contribution is -2.54. The molecule has 0 aromatic carbocycles. The molecule has 0 aromatic rings. The Balaban J connectivity index is 2.55. The molecule has 1 heterocycles. The Kier molecular flexibility index (Phi) is 5.60. The lowest BCUT2D eigenvalue weighted by molar-refractivity contribution is -0.125. The van der Waals surface area contributed by atoms with Crippen LogP contribution >= 0.6 is 0 Å². The second-order valence-electron chi connectivity index (χ2n) is 6.13. The molecule has 1 amide bonds. The Morgan fingerprint density at radius 1 is 1.44 bits per heavy atom. The Morgan fingerprint density at radius 3 is 2.67 bits per heavy atom. The third kappa shape index (κ3) is 4.25. The van der Waals surface area contributed by atoms with Gasteiger partial charge in [-0.2, -0.15) is 0 Å². The molecule has 2 unspecified atom stereocenters. The monoisotopic (exact) mass is 255 g/mol. The fraction of sp³-hybridized carbons (Fsp3) is 0.929. The first-order chi connectivity index (χ1) is 8.39. The highest BCUT2D eigenvalue weighted by molar-refractivity contribution is 5.78. The van der Waals surface area contributed by atoms with Gasteiger partial charge in [0, 0.05) is 24.2 Å². The van der Waals surface area contributed by atoms with Crippen molar-refractivity contribution in [3.63, 3.8) is 0 Å². The predicted octanol–water partition coefficient (Wildman–Crippen LogP) is 1.49. The average molecular weight is 255 g/mol. The van der Waals surface area contributed by atoms with Crippen LogP contribution in [-0.4, -0.2) is 41.5 Å². The molecule has 0 spiro atoms. The van der Waals surface area contributed by atoms with E-state index >= 15 is 0 Å². The Hall–Kier alpha value is -0.610. The smallest absolute Gasteiger partial charge is 0.234 e. The van der Waals surface area contributed by atoms with E-state index in [4.69, 9.17) is 5.73 Å². The van der Waals surface area contributed by atoms with E-state index in [0.29, 0.717) is 25.2 Å². The second-order valence-corrected chi connectivity index (χ2v) is 6.13. The van der Waals surface area contributed by atoms with Gasteiger partial charge in [-0.15, -0.1) is 0 Å². The molecule has 1 aliphatic rings. The molecule has 0 aromatic heterocycles. The first-order valence-corrected chi connectivity index (χ1v) is 7.16. The molecule has 1 rings (SSSR count). The van der Waals surface area contributed by atoms with Gasteiger partial charge in [0.1, 0.15) is 0 Å². The maximum absolute atomic E-state index is 12.1. The summed E-state index contributed by atoms with van der Waals surface area (Å²) in [6, 6.07) is 0.826. The van der Waals surface area contributed by atoms with Gasteiger partial charge in [-0.1, -0.05) is 13.3 Å². The molecule has 18 heavy (non-hydrogen) atoms. The molecule has 0 saturated carbocycles. The molecule has 1 aliphatic heterocycles. The van der Waals surface area contributed by atoms with Crippen LogP contribution in [0.4, 0.5) is 0 Å². The van der Waals surface area contributed by atoms with Crippen LogP contribution in [0.2, 0.25) is 0 Å². The van der Waals surface area contributed by atoms with E-state index in [1.165, 1.54) is 12.8 Å². The summed E-state index contributed by atoms with van der Waals surface area (Å²) in [5.41, 5.74) is 5.69. The predicted molar refractivity (Wildman–Crippen MR) is 75.4 cm³/mol. The molecule has 106 valence electrons. The second kappa shape index (κ2) is 6.53. The number of nitrogens with zero attached hydrogens (tertiary/aromatic N) is 1. The Labute approximate surface area is 111 Å². The van der Waals surface area contributed by atoms with Gasteiger partial charge in [0.2, 0.25) is 5.91 Å². The minimum Gasteiger partial charge on any atom is -0.350 e. The number of nitrogens with two attached hydrogens (primary N) is 1. The zero-order valence-electron chi connectivity index (χ0n) is 12.3. The summed E-state index contributed by atoms with van der Waals surface area (Å²) in [5.74, 6) is 0.119. The molecule has 4 heteroatoms. The molecule has 0 aliphatic carbocycles. The first-order valence-electron chi connectivity index (χ1n) is 7.16. The van der Waals surface area contributed by atoms with Gasteiger partial charge in [-0.05, 0) is 40.0 Å². The van der Waals surface area contributed by atoms with Gasteiger partial charge < -0.3 is 11.1 Å². The summed E-state index contributed by atoms with van der Waals surface area (Å²) >= 11 is 0. The van der Waals surface area contributed by atoms with Crippen LogP contribution in [0.5, 0.6) is 0 Å². The van der Waals surface area contributed by atoms with Crippen molar-refractivity contribution in [3.8, 4) is 0 Å². The SMILES string of the molecule is CCC(C)(C)NC(=O)CN1C(C)CCCC1CN. The van der Waals surface area contributed by atoms with E-state index < -0.39 is 0 Å². The topological polar surface area (TPSA) is 58.4 Å². The molecule has 0 radical (unpaired) electrons. The summed E-state index contributed by atoms with van der Waals surface area (Å²) in [6.07, 6.45) is 4.45. The molecule has 1 saturated heterocycles. The number of piperidine rings is 1. The summed E-state index contributed by atoms with van der Waals surface area (Å²) in [4.78, 5) is 14.4. The normalized spacial score (nSPS) is 26.1. The van der Waals surface area contributed by atoms with E-state index in [-0.39, 0.29) is 11.4 Å². The fourth-order valence-corrected chi connectivity index (χ4v) is 2.55. The van der Waals surface area contributed by atoms with Crippen LogP contribution in [0.25, 0.3) is 0 Å². The summed E-state index contributed by atoms with van der Waals surface area (Å²) in [5, 5.41) is 3.10. The number of nitrogens with one attached hydrogen (secondary N) is 1. The molecule has 1 fully saturated rings. The van der Waals surface area contributed by atoms with Crippen molar-refractivity contribution in [1.29, 1.82) is 0 Å². The lowest BCUT2D eigenvalue weighted by Gasteiger charge is -2.40. The standard InChI is InChI=1S/C14H29N3O/c1-5-14(3,4)16-13(18)10-17-11(2)7-6-8-12(17)9-15/h11-12H,5-10,15H2,1-4H3,(H,16,18). The van der Waals surface area contributed by atoms with Crippen LogP contribution in [0.15, 0.2) is 0 Å². The van der Waals surface area contributed by atoms with Gasteiger partial charge in [0.05, 0.1) is 6.54 Å². The molecule has 3 N–H and O–H groups in total. The number of likely N-dealkylation sites (tertiary alicyclic amines) is 1. The number of rotatable bonds is 5. The minimum atomic E-state index is -0.117. The largest absolute Gasteiger partial charge is 0.350 e. The van der Waals surface area contributed by atoms with Crippen molar-refractivity contribution < 1.29 is 4.79 Å². The van der Waals surface area contributed by atoms with Crippen molar-refractivity contribution in [2.75, 3.05) is 13.1 Å². The van der Waals surface area contributed by atoms with Crippen LogP contribution in [0.3, 0.4) is 0 Å². The number of carbonyl (C=O) groups is 1. The maximum Gasteiger partial charge on any atom is 0.234 e. The molecule has 2 atom stereocenters. The Bertz CT molecular complexity index is 278. The zero-order chi connectivity index (χ0) is 13.8. The minimum absolute atomic E-state index is 0.117. The molecular formula is C14H29N3O. The van der Waals surface area contributed by atoms with E-state index in [9.17, 15) is 4.79 Å². The highest BCUT2D eigenvalue weighted by atomic mass is 16.2. The molecule has 0 bridgehead atoms. The van der Waals surface area contributed by atoms with Gasteiger partial charge in [-0.25, -0.2) is 0 Å². The van der Waals surface area contributed by atoms with Crippen molar-refractivity contribution in [2.45, 2.75) is 71.0 Å². The van der Waals surface area contributed by atoms with E-state index in [2.05, 4.69) is 37.9 Å². The van der Waals surface area contributed by atoms with E-state index in [1.807, 2.05) is 0 Å². The number of hydrogen-bond acceptors (Lipinski definition) is 3. The van der Waals surface area contributed by atoms with Gasteiger partial charge in [0.25, 0.3) is 0 Å². The van der Waals surface area contributed by atoms with Crippen LogP contribution in [-0.2, 0) is 4.79 Å². The van der Waals surface area contributed by atoms with Crippen LogP contribution < -0.4 is 11.1 Å². The third-order valence-electron chi connectivity index (χ3n) is 4.15. The highest BCUT2D eigenvalue weighted by Crippen LogP contribution is 2.21. The Morgan fingerprint density at radius 2 is 2.11 bits per heavy atom. The summed E-state index contributed by atoms with van der Waals surface area (Å²) < 4.78 is 0. The van der Waals surface area contributed by atoms with Gasteiger partial charge in [-0.3, -0.25) is 9.69 Å². The van der Waals surface area contributed by atoms with Crippen molar-refractivity contribution in [2.24, 2.45) is 5.73 Å². The van der Waals surface area contributed by atoms with Crippen molar-refractivity contribution in [3.05, 3.63) is 0 Å². The lowest BCUT2D eigenvalue weighted by atomic mass is 9.96. The average Bonchev–Trinajstić information content (AvgIpc) is 2.31. The quantitative estimate of drug-likeness (QED) is 0.782. The fourth-order valence-electron chi connectivity index (χ4n) is 2.55. The van der Waals surface area contributed by atoms with Crippen LogP contribution in [0.1, 0.15) is 53.4 Å². The third-order valence-corrected chi connectivity index (χ3v) is 4.15. The molecular weight excluding hydrogens is 226 g/mol. The van der Waals surface area contributed by atoms with E-state index in [0.717, 1.165) is 12.8 Å².